The summed E-state index contributed by atoms with van der Waals surface area (Å²) in [5.41, 5.74) is 0. The van der Waals surface area contributed by atoms with Gasteiger partial charge in [0.2, 0.25) is 15.9 Å². The normalized spacial score (nSPS) is 17.6. The van der Waals surface area contributed by atoms with Crippen molar-refractivity contribution in [1.82, 2.24) is 14.5 Å². The van der Waals surface area contributed by atoms with E-state index in [1.165, 1.54) is 22.5 Å². The molecule has 1 aliphatic rings. The van der Waals surface area contributed by atoms with E-state index in [0.29, 0.717) is 18.8 Å². The average Bonchev–Trinajstić information content (AvgIpc) is 3.17. The van der Waals surface area contributed by atoms with Gasteiger partial charge in [-0.25, -0.2) is 12.8 Å². The van der Waals surface area contributed by atoms with E-state index >= 15 is 0 Å². The fourth-order valence-electron chi connectivity index (χ4n) is 3.02. The van der Waals surface area contributed by atoms with E-state index in [4.69, 9.17) is 4.42 Å². The maximum atomic E-state index is 13.9. The Morgan fingerprint density at radius 1 is 1.19 bits per heavy atom. The van der Waals surface area contributed by atoms with Gasteiger partial charge in [-0.15, -0.1) is 0 Å². The molecular weight excluding hydrogens is 373 g/mol. The molecule has 1 aliphatic heterocycles. The van der Waals surface area contributed by atoms with Crippen LogP contribution in [0.2, 0.25) is 0 Å². The second-order valence-electron chi connectivity index (χ2n) is 6.42. The quantitative estimate of drug-likeness (QED) is 0.803. The third-order valence-electron chi connectivity index (χ3n) is 4.50. The van der Waals surface area contributed by atoms with Gasteiger partial charge in [-0.3, -0.25) is 9.69 Å². The molecule has 2 aromatic rings. The number of furan rings is 1. The molecule has 1 fully saturated rings. The molecule has 2 heterocycles. The van der Waals surface area contributed by atoms with Crippen molar-refractivity contribution in [3.05, 3.63) is 54.2 Å². The van der Waals surface area contributed by atoms with Crippen LogP contribution in [0.5, 0.6) is 0 Å². The van der Waals surface area contributed by atoms with Crippen LogP contribution in [-0.2, 0) is 14.8 Å². The molecule has 3 rings (SSSR count). The van der Waals surface area contributed by atoms with Crippen LogP contribution in [0.25, 0.3) is 0 Å². The predicted octanol–water partition coefficient (Wildman–Crippen LogP) is 1.60. The fourth-order valence-corrected chi connectivity index (χ4v) is 4.51. The first-order chi connectivity index (χ1) is 12.9. The predicted molar refractivity (Wildman–Crippen MR) is 96.9 cm³/mol. The van der Waals surface area contributed by atoms with E-state index in [1.54, 1.807) is 18.4 Å². The standard InChI is InChI=1S/C18H22FN3O4S/c1-14(16-6-4-12-26-16)20-18(23)13-21-8-10-22(11-9-21)27(24,25)17-7-3-2-5-15(17)19/h2-7,12,14H,8-11,13H2,1H3,(H,20,23)/t14-/m0/s1. The first-order valence-electron chi connectivity index (χ1n) is 8.68. The molecule has 146 valence electrons. The highest BCUT2D eigenvalue weighted by molar-refractivity contribution is 7.89. The molecule has 0 saturated carbocycles. The van der Waals surface area contributed by atoms with Crippen molar-refractivity contribution in [2.24, 2.45) is 0 Å². The minimum absolute atomic E-state index is 0.163. The average molecular weight is 395 g/mol. The number of nitrogens with one attached hydrogen (secondary N) is 1. The Bertz CT molecular complexity index is 878. The number of nitrogens with zero attached hydrogens (tertiary/aromatic N) is 2. The number of benzene rings is 1. The van der Waals surface area contributed by atoms with Gasteiger partial charge in [-0.1, -0.05) is 12.1 Å². The van der Waals surface area contributed by atoms with E-state index in [2.05, 4.69) is 5.32 Å². The van der Waals surface area contributed by atoms with Crippen LogP contribution in [-0.4, -0.2) is 56.3 Å². The second kappa shape index (κ2) is 8.20. The Morgan fingerprint density at radius 3 is 2.52 bits per heavy atom. The van der Waals surface area contributed by atoms with Gasteiger partial charge in [0, 0.05) is 26.2 Å². The fraction of sp³-hybridized carbons (Fsp3) is 0.389. The summed E-state index contributed by atoms with van der Waals surface area (Å²) in [5, 5.41) is 2.85. The third kappa shape index (κ3) is 4.55. The number of sulfonamides is 1. The number of hydrogen-bond donors (Lipinski definition) is 1. The van der Waals surface area contributed by atoms with Gasteiger partial charge in [-0.2, -0.15) is 4.31 Å². The van der Waals surface area contributed by atoms with Crippen molar-refractivity contribution in [3.63, 3.8) is 0 Å². The Labute approximate surface area is 157 Å². The SMILES string of the molecule is C[C@H](NC(=O)CN1CCN(S(=O)(=O)c2ccccc2F)CC1)c1ccco1. The van der Waals surface area contributed by atoms with Crippen molar-refractivity contribution in [2.45, 2.75) is 17.9 Å². The van der Waals surface area contributed by atoms with Crippen LogP contribution < -0.4 is 5.32 Å². The number of carbonyl (C=O) groups excluding carboxylic acids is 1. The number of rotatable bonds is 6. The Kier molecular flexibility index (Phi) is 5.93. The van der Waals surface area contributed by atoms with Crippen molar-refractivity contribution in [3.8, 4) is 0 Å². The molecule has 0 unspecified atom stereocenters. The molecule has 7 nitrogen and oxygen atoms in total. The summed E-state index contributed by atoms with van der Waals surface area (Å²) in [7, 11) is -3.87. The molecule has 1 atom stereocenters. The molecule has 1 amide bonds. The van der Waals surface area contributed by atoms with Gasteiger partial charge in [-0.05, 0) is 31.2 Å². The zero-order valence-electron chi connectivity index (χ0n) is 15.0. The lowest BCUT2D eigenvalue weighted by Crippen LogP contribution is -2.51. The summed E-state index contributed by atoms with van der Waals surface area (Å²) < 4.78 is 45.5. The Morgan fingerprint density at radius 2 is 1.89 bits per heavy atom. The summed E-state index contributed by atoms with van der Waals surface area (Å²) in [4.78, 5) is 13.7. The number of piperazine rings is 1. The highest BCUT2D eigenvalue weighted by Crippen LogP contribution is 2.20. The van der Waals surface area contributed by atoms with Gasteiger partial charge < -0.3 is 9.73 Å². The van der Waals surface area contributed by atoms with Gasteiger partial charge in [0.15, 0.2) is 0 Å². The van der Waals surface area contributed by atoms with E-state index in [-0.39, 0.29) is 36.5 Å². The molecule has 1 N–H and O–H groups in total. The van der Waals surface area contributed by atoms with E-state index in [1.807, 2.05) is 11.8 Å². The molecule has 0 spiro atoms. The number of hydrogen-bond acceptors (Lipinski definition) is 5. The number of halogens is 1. The third-order valence-corrected chi connectivity index (χ3v) is 6.43. The van der Waals surface area contributed by atoms with Crippen LogP contribution in [0, 0.1) is 5.82 Å². The summed E-state index contributed by atoms with van der Waals surface area (Å²) in [6.07, 6.45) is 1.55. The summed E-state index contributed by atoms with van der Waals surface area (Å²) in [6.45, 7) is 3.20. The van der Waals surface area contributed by atoms with Gasteiger partial charge in [0.25, 0.3) is 0 Å². The summed E-state index contributed by atoms with van der Waals surface area (Å²) >= 11 is 0. The van der Waals surface area contributed by atoms with Gasteiger partial charge in [0.05, 0.1) is 18.8 Å². The largest absolute Gasteiger partial charge is 0.467 e. The minimum atomic E-state index is -3.87. The molecule has 0 radical (unpaired) electrons. The molecule has 1 aromatic carbocycles. The van der Waals surface area contributed by atoms with E-state index in [9.17, 15) is 17.6 Å². The van der Waals surface area contributed by atoms with E-state index in [0.717, 1.165) is 6.07 Å². The molecule has 1 saturated heterocycles. The zero-order chi connectivity index (χ0) is 19.4. The summed E-state index contributed by atoms with van der Waals surface area (Å²) in [5.74, 6) is -0.250. The molecule has 0 bridgehead atoms. The lowest BCUT2D eigenvalue weighted by molar-refractivity contribution is -0.123. The monoisotopic (exact) mass is 395 g/mol. The number of carbonyl (C=O) groups is 1. The van der Waals surface area contributed by atoms with Crippen LogP contribution in [0.1, 0.15) is 18.7 Å². The maximum Gasteiger partial charge on any atom is 0.246 e. The molecule has 1 aromatic heterocycles. The smallest absolute Gasteiger partial charge is 0.246 e. The van der Waals surface area contributed by atoms with Crippen LogP contribution in [0.3, 0.4) is 0 Å². The zero-order valence-corrected chi connectivity index (χ0v) is 15.8. The van der Waals surface area contributed by atoms with Crippen molar-refractivity contribution in [2.75, 3.05) is 32.7 Å². The Balaban J connectivity index is 1.53. The highest BCUT2D eigenvalue weighted by Gasteiger charge is 2.31. The van der Waals surface area contributed by atoms with Crippen molar-refractivity contribution >= 4 is 15.9 Å². The van der Waals surface area contributed by atoms with Crippen LogP contribution in [0.4, 0.5) is 4.39 Å². The maximum absolute atomic E-state index is 13.9. The molecular formula is C18H22FN3O4S. The van der Waals surface area contributed by atoms with E-state index < -0.39 is 15.8 Å². The summed E-state index contributed by atoms with van der Waals surface area (Å²) in [6, 6.07) is 8.65. The lowest BCUT2D eigenvalue weighted by Gasteiger charge is -2.33. The van der Waals surface area contributed by atoms with Crippen molar-refractivity contribution in [1.29, 1.82) is 0 Å². The van der Waals surface area contributed by atoms with Crippen LogP contribution in [0.15, 0.2) is 52.0 Å². The van der Waals surface area contributed by atoms with Crippen molar-refractivity contribution < 1.29 is 22.0 Å². The van der Waals surface area contributed by atoms with Crippen LogP contribution >= 0.6 is 0 Å². The Hall–Kier alpha value is -2.23. The lowest BCUT2D eigenvalue weighted by atomic mass is 10.2. The molecule has 0 aliphatic carbocycles. The molecule has 27 heavy (non-hydrogen) atoms. The second-order valence-corrected chi connectivity index (χ2v) is 8.32. The number of amides is 1. The first kappa shape index (κ1) is 19.5. The molecule has 9 heteroatoms. The van der Waals surface area contributed by atoms with Gasteiger partial charge >= 0.3 is 0 Å². The highest BCUT2D eigenvalue weighted by atomic mass is 32.2. The first-order valence-corrected chi connectivity index (χ1v) is 10.1. The topological polar surface area (TPSA) is 82.9 Å². The van der Waals surface area contributed by atoms with Gasteiger partial charge in [0.1, 0.15) is 16.5 Å². The minimum Gasteiger partial charge on any atom is -0.467 e.